The number of sulfonamides is 2. The van der Waals surface area contributed by atoms with Crippen molar-refractivity contribution in [1.29, 1.82) is 0 Å². The molecule has 0 aliphatic carbocycles. The number of hydrogen-bond acceptors (Lipinski definition) is 15. The molecule has 6 aromatic carbocycles. The Kier molecular flexibility index (Phi) is 24.8. The second kappa shape index (κ2) is 33.4. The molecular formula is C76H77Cl4F3N12O8S3. The summed E-state index contributed by atoms with van der Waals surface area (Å²) in [4.78, 5) is 28.4. The first-order valence-corrected chi connectivity index (χ1v) is 40.0. The fourth-order valence-corrected chi connectivity index (χ4v) is 17.5. The summed E-state index contributed by atoms with van der Waals surface area (Å²) in [6, 6.07) is 46.0. The predicted molar refractivity (Wildman–Crippen MR) is 410 cm³/mol. The van der Waals surface area contributed by atoms with Gasteiger partial charge in [0.1, 0.15) is 45.7 Å². The van der Waals surface area contributed by atoms with E-state index in [1.807, 2.05) is 124 Å². The molecule has 2 N–H and O–H groups in total. The number of pyridine rings is 3. The molecule has 0 bridgehead atoms. The molecule has 6 aromatic heterocycles. The molecule has 556 valence electrons. The number of imidazole rings is 3. The van der Waals surface area contributed by atoms with Crippen LogP contribution in [0.3, 0.4) is 0 Å². The van der Waals surface area contributed by atoms with E-state index in [0.717, 1.165) is 134 Å². The average Bonchev–Trinajstić information content (AvgIpc) is 1.49. The number of aryl methyl sites for hydroxylation is 4. The minimum Gasteiger partial charge on any atom is -0.494 e. The predicted octanol–water partition coefficient (Wildman–Crippen LogP) is 16.6. The summed E-state index contributed by atoms with van der Waals surface area (Å²) >= 11 is 19.5. The minimum atomic E-state index is -3.90. The molecule has 0 atom stereocenters. The van der Waals surface area contributed by atoms with Crippen molar-refractivity contribution in [2.45, 2.75) is 113 Å². The SMILES string of the molecule is C.COc1ccc(S(=O)(=O)N2CCC(n3c(-c4ccccc4Cl)nc4ccc(C)nc43)CC2)cc1F.Cc1ccc2nc(-c3ccccc3Cl)n(C3CCN(S(=O)(=O)c4ccc(C)c(F)c4)CC3)c2n1.Cc1ccc2nc(-c3ccccc3Cl)n(C3CCNCC3)c2n1.O=S(=O)(Cl)c1ccc(CO)c(F)c1. The first kappa shape index (κ1) is 78.7. The Balaban J connectivity index is 0.000000148. The second-order valence-electron chi connectivity index (χ2n) is 25.6. The third-order valence-corrected chi connectivity index (χ3v) is 24.8. The van der Waals surface area contributed by atoms with Crippen molar-refractivity contribution >= 4 is 108 Å². The second-order valence-corrected chi connectivity index (χ2v) is 33.2. The lowest BCUT2D eigenvalue weighted by Gasteiger charge is -2.32. The van der Waals surface area contributed by atoms with Crippen molar-refractivity contribution in [1.82, 2.24) is 57.5 Å². The Labute approximate surface area is 633 Å². The van der Waals surface area contributed by atoms with Gasteiger partial charge < -0.3 is 28.9 Å². The molecule has 9 heterocycles. The van der Waals surface area contributed by atoms with Gasteiger partial charge in [-0.15, -0.1) is 0 Å². The van der Waals surface area contributed by atoms with E-state index in [9.17, 15) is 38.4 Å². The van der Waals surface area contributed by atoms with Crippen LogP contribution in [-0.4, -0.2) is 129 Å². The number of benzene rings is 6. The van der Waals surface area contributed by atoms with Crippen molar-refractivity contribution in [3.05, 3.63) is 225 Å². The van der Waals surface area contributed by atoms with E-state index in [4.69, 9.17) is 85.2 Å². The molecule has 20 nitrogen and oxygen atoms in total. The summed E-state index contributed by atoms with van der Waals surface area (Å²) in [5.74, 6) is 0.345. The van der Waals surface area contributed by atoms with Crippen LogP contribution in [0.1, 0.15) is 92.3 Å². The van der Waals surface area contributed by atoms with Gasteiger partial charge in [-0.2, -0.15) is 8.61 Å². The maximum Gasteiger partial charge on any atom is 0.261 e. The molecule has 3 aliphatic heterocycles. The van der Waals surface area contributed by atoms with Crippen LogP contribution in [0.2, 0.25) is 15.1 Å². The highest BCUT2D eigenvalue weighted by molar-refractivity contribution is 8.13. The third-order valence-electron chi connectivity index (χ3n) is 18.6. The molecule has 0 spiro atoms. The summed E-state index contributed by atoms with van der Waals surface area (Å²) in [6.45, 7) is 10.3. The van der Waals surface area contributed by atoms with Crippen molar-refractivity contribution in [3.63, 3.8) is 0 Å². The fraction of sp³-hybridized carbons (Fsp3) is 0.289. The van der Waals surface area contributed by atoms with Gasteiger partial charge in [0.2, 0.25) is 20.0 Å². The van der Waals surface area contributed by atoms with Gasteiger partial charge in [0.25, 0.3) is 9.05 Å². The largest absolute Gasteiger partial charge is 0.494 e. The number of aromatic nitrogens is 9. The normalized spacial score (nSPS) is 15.1. The van der Waals surface area contributed by atoms with Crippen LogP contribution in [0.4, 0.5) is 13.2 Å². The average molecular weight is 1580 g/mol. The lowest BCUT2D eigenvalue weighted by molar-refractivity contribution is 0.275. The van der Waals surface area contributed by atoms with Gasteiger partial charge in [-0.3, -0.25) is 0 Å². The van der Waals surface area contributed by atoms with Gasteiger partial charge in [0, 0.05) is 94.3 Å². The molecule has 15 rings (SSSR count). The molecule has 0 amide bonds. The zero-order chi connectivity index (χ0) is 74.6. The summed E-state index contributed by atoms with van der Waals surface area (Å²) < 4.78 is 129. The van der Waals surface area contributed by atoms with E-state index in [2.05, 4.69) is 25.1 Å². The maximum absolute atomic E-state index is 14.2. The lowest BCUT2D eigenvalue weighted by Crippen LogP contribution is -2.39. The van der Waals surface area contributed by atoms with Crippen LogP contribution in [-0.2, 0) is 35.7 Å². The topological polar surface area (TPSA) is 243 Å². The fourth-order valence-electron chi connectivity index (χ4n) is 13.1. The first-order valence-electron chi connectivity index (χ1n) is 33.7. The quantitative estimate of drug-likeness (QED) is 0.102. The molecule has 0 unspecified atom stereocenters. The van der Waals surface area contributed by atoms with Gasteiger partial charge in [0.15, 0.2) is 28.5 Å². The molecular weight excluding hydrogens is 1500 g/mol. The Morgan fingerprint density at radius 3 is 1.17 bits per heavy atom. The monoisotopic (exact) mass is 1580 g/mol. The number of hydrogen-bond donors (Lipinski definition) is 2. The van der Waals surface area contributed by atoms with Gasteiger partial charge in [0.05, 0.1) is 43.5 Å². The number of piperidine rings is 3. The van der Waals surface area contributed by atoms with E-state index in [-0.39, 0.29) is 58.6 Å². The van der Waals surface area contributed by atoms with Gasteiger partial charge >= 0.3 is 0 Å². The molecule has 0 radical (unpaired) electrons. The van der Waals surface area contributed by atoms with Crippen LogP contribution >= 0.6 is 45.5 Å². The van der Waals surface area contributed by atoms with Gasteiger partial charge in [-0.05, 0) is 200 Å². The van der Waals surface area contributed by atoms with Crippen molar-refractivity contribution in [3.8, 4) is 39.9 Å². The van der Waals surface area contributed by atoms with E-state index in [1.54, 1.807) is 6.92 Å². The Morgan fingerprint density at radius 1 is 0.462 bits per heavy atom. The van der Waals surface area contributed by atoms with Crippen LogP contribution in [0.15, 0.2) is 178 Å². The lowest BCUT2D eigenvalue weighted by atomic mass is 10.1. The van der Waals surface area contributed by atoms with E-state index in [0.29, 0.717) is 66.2 Å². The Hall–Kier alpha value is -8.38. The summed E-state index contributed by atoms with van der Waals surface area (Å²) in [7, 11) is -5.22. The highest BCUT2D eigenvalue weighted by Gasteiger charge is 2.36. The third kappa shape index (κ3) is 17.0. The highest BCUT2D eigenvalue weighted by Crippen LogP contribution is 2.41. The zero-order valence-electron chi connectivity index (χ0n) is 57.6. The van der Waals surface area contributed by atoms with Crippen molar-refractivity contribution in [2.24, 2.45) is 0 Å². The molecule has 3 saturated heterocycles. The first-order chi connectivity index (χ1) is 50.2. The van der Waals surface area contributed by atoms with E-state index >= 15 is 0 Å². The number of nitrogens with one attached hydrogen (secondary N) is 1. The highest BCUT2D eigenvalue weighted by atomic mass is 35.7. The Morgan fingerprint density at radius 2 is 0.821 bits per heavy atom. The Bertz CT molecular complexity index is 5580. The number of rotatable bonds is 13. The number of fused-ring (bicyclic) bond motifs is 3. The molecule has 30 heteroatoms. The smallest absolute Gasteiger partial charge is 0.261 e. The molecule has 12 aromatic rings. The summed E-state index contributed by atoms with van der Waals surface area (Å²) in [5.41, 5.74) is 10.7. The van der Waals surface area contributed by atoms with Gasteiger partial charge in [-0.25, -0.2) is 68.3 Å². The van der Waals surface area contributed by atoms with Crippen molar-refractivity contribution < 1.29 is 48.3 Å². The number of ether oxygens (including phenoxy) is 1. The maximum atomic E-state index is 14.2. The minimum absolute atomic E-state index is 0. The van der Waals surface area contributed by atoms with Crippen LogP contribution in [0.5, 0.6) is 5.75 Å². The number of methoxy groups -OCH3 is 1. The number of nitrogens with zero attached hydrogens (tertiary/aromatic N) is 11. The van der Waals surface area contributed by atoms with Crippen LogP contribution in [0.25, 0.3) is 67.7 Å². The van der Waals surface area contributed by atoms with Crippen LogP contribution in [0, 0.1) is 45.1 Å². The van der Waals surface area contributed by atoms with Crippen LogP contribution < -0.4 is 10.1 Å². The molecule has 0 saturated carbocycles. The number of aliphatic hydroxyl groups excluding tert-OH is 1. The molecule has 3 aliphatic rings. The van der Waals surface area contributed by atoms with E-state index in [1.165, 1.54) is 46.1 Å². The summed E-state index contributed by atoms with van der Waals surface area (Å²) in [5, 5.41) is 13.9. The van der Waals surface area contributed by atoms with E-state index < -0.39 is 53.2 Å². The number of aliphatic hydroxyl groups is 1. The zero-order valence-corrected chi connectivity index (χ0v) is 63.1. The standard InChI is InChI=1S/C25H24ClFN4O3S.C25H24ClFN4O2S.C18H19ClN4.C7H6ClFO3S.CH4/c1-16-7-9-22-25(28-16)31(24(29-22)19-5-3-4-6-20(19)26)17-11-13-30(14-12-17)35(32,33)18-8-10-23(34-2)21(27)15-18;1-16-7-9-19(15-22(16)27)34(32,33)30-13-11-18(12-14-30)31-24(20-5-3-4-6-21(20)26)29-23-10-8-17(2)28-25(23)31;1-12-6-7-16-18(21-12)23(13-8-10-20-11-9-13)17(22-16)14-4-2-3-5-15(14)19;8-13(11,12)6-2-1-5(4-10)7(9)3-6;/h3-10,15,17H,11-14H2,1-2H3;3-10,15,18H,11-14H2,1-2H3;2-7,13,20H,8-11H2,1H3;1-3,10H,4H2;1H4. The molecule has 106 heavy (non-hydrogen) atoms. The van der Waals surface area contributed by atoms with Crippen molar-refractivity contribution in [2.75, 3.05) is 46.4 Å². The molecule has 3 fully saturated rings. The van der Waals surface area contributed by atoms with Gasteiger partial charge in [-0.1, -0.05) is 90.8 Å². The number of halogens is 7. The summed E-state index contributed by atoms with van der Waals surface area (Å²) in [6.07, 6.45) is 4.42.